The van der Waals surface area contributed by atoms with E-state index in [1.165, 1.54) is 7.11 Å². The van der Waals surface area contributed by atoms with Crippen LogP contribution in [0.3, 0.4) is 0 Å². The number of ether oxygens (including phenoxy) is 2. The highest BCUT2D eigenvalue weighted by atomic mass is 35.5. The van der Waals surface area contributed by atoms with Crippen molar-refractivity contribution in [2.75, 3.05) is 20.3 Å². The van der Waals surface area contributed by atoms with Gasteiger partial charge in [-0.15, -0.1) is 12.4 Å². The summed E-state index contributed by atoms with van der Waals surface area (Å²) in [5.41, 5.74) is 7.09. The van der Waals surface area contributed by atoms with Crippen LogP contribution in [-0.2, 0) is 4.74 Å². The van der Waals surface area contributed by atoms with Gasteiger partial charge in [-0.2, -0.15) is 0 Å². The molecule has 1 aliphatic rings. The maximum Gasteiger partial charge on any atom is 0.341 e. The zero-order chi connectivity index (χ0) is 10.8. The molecule has 1 aliphatic heterocycles. The molecule has 1 unspecified atom stereocenters. The van der Waals surface area contributed by atoms with E-state index in [-0.39, 0.29) is 24.3 Å². The normalized spacial score (nSPS) is 17.0. The topological polar surface area (TPSA) is 61.5 Å². The van der Waals surface area contributed by atoms with E-state index in [4.69, 9.17) is 10.5 Å². The molecule has 16 heavy (non-hydrogen) atoms. The smallest absolute Gasteiger partial charge is 0.341 e. The van der Waals surface area contributed by atoms with Crippen molar-refractivity contribution < 1.29 is 14.3 Å². The van der Waals surface area contributed by atoms with E-state index in [1.54, 1.807) is 6.07 Å². The molecule has 0 aliphatic carbocycles. The van der Waals surface area contributed by atoms with Crippen LogP contribution in [0.15, 0.2) is 18.2 Å². The first-order chi connectivity index (χ1) is 7.27. The van der Waals surface area contributed by atoms with Crippen LogP contribution in [0.2, 0.25) is 0 Å². The molecule has 1 aromatic carbocycles. The Morgan fingerprint density at radius 1 is 1.62 bits per heavy atom. The molecule has 0 bridgehead atoms. The lowest BCUT2D eigenvalue weighted by Crippen LogP contribution is -2.13. The highest BCUT2D eigenvalue weighted by Crippen LogP contribution is 2.36. The summed E-state index contributed by atoms with van der Waals surface area (Å²) in [6.45, 7) is 1.07. The highest BCUT2D eigenvalue weighted by Gasteiger charge is 2.27. The molecule has 0 saturated heterocycles. The van der Waals surface area contributed by atoms with E-state index in [9.17, 15) is 4.79 Å². The molecule has 0 fully saturated rings. The van der Waals surface area contributed by atoms with Crippen molar-refractivity contribution in [3.63, 3.8) is 0 Å². The lowest BCUT2D eigenvalue weighted by atomic mass is 9.99. The van der Waals surface area contributed by atoms with E-state index >= 15 is 0 Å². The number of fused-ring (bicyclic) bond motifs is 1. The van der Waals surface area contributed by atoms with Gasteiger partial charge in [0.05, 0.1) is 13.7 Å². The summed E-state index contributed by atoms with van der Waals surface area (Å²) in [6, 6.07) is 5.46. The van der Waals surface area contributed by atoms with E-state index in [2.05, 4.69) is 4.74 Å². The molecule has 0 spiro atoms. The van der Waals surface area contributed by atoms with Gasteiger partial charge < -0.3 is 15.2 Å². The second-order valence-corrected chi connectivity index (χ2v) is 3.46. The first kappa shape index (κ1) is 12.8. The van der Waals surface area contributed by atoms with E-state index < -0.39 is 0 Å². The summed E-state index contributed by atoms with van der Waals surface area (Å²) in [5.74, 6) is 0.439. The minimum Gasteiger partial charge on any atom is -0.492 e. The van der Waals surface area contributed by atoms with Crippen LogP contribution in [0.5, 0.6) is 5.75 Å². The SMILES string of the molecule is COC(=O)c1cccc2c1OCC2CN.Cl. The van der Waals surface area contributed by atoms with Gasteiger partial charge in [-0.3, -0.25) is 0 Å². The summed E-state index contributed by atoms with van der Waals surface area (Å²) in [7, 11) is 1.36. The number of hydrogen-bond donors (Lipinski definition) is 1. The van der Waals surface area contributed by atoms with Crippen molar-refractivity contribution in [3.05, 3.63) is 29.3 Å². The van der Waals surface area contributed by atoms with Gasteiger partial charge in [0, 0.05) is 18.0 Å². The molecule has 0 saturated carbocycles. The van der Waals surface area contributed by atoms with Crippen molar-refractivity contribution in [2.45, 2.75) is 5.92 Å². The predicted molar refractivity (Wildman–Crippen MR) is 62.3 cm³/mol. The average Bonchev–Trinajstić information content (AvgIpc) is 2.70. The molecule has 5 heteroatoms. The number of para-hydroxylation sites is 1. The van der Waals surface area contributed by atoms with Gasteiger partial charge in [-0.1, -0.05) is 12.1 Å². The van der Waals surface area contributed by atoms with E-state index in [0.29, 0.717) is 24.5 Å². The lowest BCUT2D eigenvalue weighted by molar-refractivity contribution is 0.0597. The molecule has 1 heterocycles. The molecule has 4 nitrogen and oxygen atoms in total. The van der Waals surface area contributed by atoms with Crippen LogP contribution in [0.4, 0.5) is 0 Å². The second kappa shape index (κ2) is 5.18. The van der Waals surface area contributed by atoms with E-state index in [0.717, 1.165) is 5.56 Å². The third-order valence-electron chi connectivity index (χ3n) is 2.60. The van der Waals surface area contributed by atoms with Gasteiger partial charge in [-0.25, -0.2) is 4.79 Å². The Kier molecular flexibility index (Phi) is 4.15. The van der Waals surface area contributed by atoms with Crippen LogP contribution >= 0.6 is 12.4 Å². The fourth-order valence-corrected chi connectivity index (χ4v) is 1.78. The molecule has 0 amide bonds. The first-order valence-corrected chi connectivity index (χ1v) is 4.82. The van der Waals surface area contributed by atoms with E-state index in [1.807, 2.05) is 12.1 Å². The minimum atomic E-state index is -0.371. The Hall–Kier alpha value is -1.26. The zero-order valence-corrected chi connectivity index (χ0v) is 9.75. The Bertz CT molecular complexity index is 395. The number of halogens is 1. The Morgan fingerprint density at radius 2 is 2.38 bits per heavy atom. The van der Waals surface area contributed by atoms with Crippen LogP contribution in [0.1, 0.15) is 21.8 Å². The van der Waals surface area contributed by atoms with Crippen molar-refractivity contribution >= 4 is 18.4 Å². The number of hydrogen-bond acceptors (Lipinski definition) is 4. The van der Waals surface area contributed by atoms with Crippen LogP contribution in [0.25, 0.3) is 0 Å². The summed E-state index contributed by atoms with van der Waals surface area (Å²) in [4.78, 5) is 11.4. The molecule has 1 atom stereocenters. The fraction of sp³-hybridized carbons (Fsp3) is 0.364. The quantitative estimate of drug-likeness (QED) is 0.796. The Morgan fingerprint density at radius 3 is 3.00 bits per heavy atom. The maximum atomic E-state index is 11.4. The largest absolute Gasteiger partial charge is 0.492 e. The molecule has 1 aromatic rings. The third kappa shape index (κ3) is 1.99. The summed E-state index contributed by atoms with van der Waals surface area (Å²) in [6.07, 6.45) is 0. The van der Waals surface area contributed by atoms with Gasteiger partial charge in [-0.05, 0) is 6.07 Å². The molecule has 2 rings (SSSR count). The van der Waals surface area contributed by atoms with Crippen molar-refractivity contribution in [2.24, 2.45) is 5.73 Å². The molecule has 0 radical (unpaired) electrons. The second-order valence-electron chi connectivity index (χ2n) is 3.46. The van der Waals surface area contributed by atoms with Crippen LogP contribution in [-0.4, -0.2) is 26.2 Å². The molecule has 88 valence electrons. The van der Waals surface area contributed by atoms with Gasteiger partial charge in [0.1, 0.15) is 11.3 Å². The van der Waals surface area contributed by atoms with Crippen molar-refractivity contribution in [1.82, 2.24) is 0 Å². The number of benzene rings is 1. The van der Waals surface area contributed by atoms with Gasteiger partial charge in [0.2, 0.25) is 0 Å². The molecule has 2 N–H and O–H groups in total. The highest BCUT2D eigenvalue weighted by molar-refractivity contribution is 5.93. The van der Waals surface area contributed by atoms with Gasteiger partial charge in [0.25, 0.3) is 0 Å². The monoisotopic (exact) mass is 243 g/mol. The fourth-order valence-electron chi connectivity index (χ4n) is 1.78. The number of carbonyl (C=O) groups is 1. The first-order valence-electron chi connectivity index (χ1n) is 4.82. The van der Waals surface area contributed by atoms with Crippen LogP contribution in [0, 0.1) is 0 Å². The zero-order valence-electron chi connectivity index (χ0n) is 8.93. The number of methoxy groups -OCH3 is 1. The minimum absolute atomic E-state index is 0. The molecular formula is C11H14ClNO3. The number of esters is 1. The number of carbonyl (C=O) groups excluding carboxylic acids is 1. The lowest BCUT2D eigenvalue weighted by Gasteiger charge is -2.06. The van der Waals surface area contributed by atoms with Crippen LogP contribution < -0.4 is 10.5 Å². The number of rotatable bonds is 2. The molecular weight excluding hydrogens is 230 g/mol. The van der Waals surface area contributed by atoms with Gasteiger partial charge in [0.15, 0.2) is 0 Å². The Balaban J connectivity index is 0.00000128. The summed E-state index contributed by atoms with van der Waals surface area (Å²) in [5, 5.41) is 0. The van der Waals surface area contributed by atoms with Gasteiger partial charge >= 0.3 is 5.97 Å². The summed E-state index contributed by atoms with van der Waals surface area (Å²) < 4.78 is 10.2. The number of nitrogens with two attached hydrogens (primary N) is 1. The standard InChI is InChI=1S/C11H13NO3.ClH/c1-14-11(13)9-4-2-3-8-7(5-12)6-15-10(8)9;/h2-4,7H,5-6,12H2,1H3;1H. The van der Waals surface area contributed by atoms with Crippen molar-refractivity contribution in [1.29, 1.82) is 0 Å². The van der Waals surface area contributed by atoms with Crippen molar-refractivity contribution in [3.8, 4) is 5.75 Å². The predicted octanol–water partition coefficient (Wildman–Crippen LogP) is 1.33. The molecule has 0 aromatic heterocycles. The maximum absolute atomic E-state index is 11.4. The average molecular weight is 244 g/mol. The third-order valence-corrected chi connectivity index (χ3v) is 2.60. The Labute approximate surface area is 100 Å². The summed E-state index contributed by atoms with van der Waals surface area (Å²) >= 11 is 0.